The van der Waals surface area contributed by atoms with Gasteiger partial charge in [-0.1, -0.05) is 13.8 Å². The normalized spacial score (nSPS) is 24.7. The lowest BCUT2D eigenvalue weighted by Crippen LogP contribution is -1.87. The van der Waals surface area contributed by atoms with Crippen molar-refractivity contribution in [3.05, 3.63) is 35.3 Å². The average molecular weight is 203 g/mol. The van der Waals surface area contributed by atoms with Crippen molar-refractivity contribution in [2.75, 3.05) is 0 Å². The first kappa shape index (κ1) is 8.96. The van der Waals surface area contributed by atoms with Gasteiger partial charge in [0, 0.05) is 16.6 Å². The molecule has 15 heavy (non-hydrogen) atoms. The predicted octanol–water partition coefficient (Wildman–Crippen LogP) is 3.92. The average Bonchev–Trinajstić information content (AvgIpc) is 2.67. The molecule has 1 aliphatic rings. The zero-order chi connectivity index (χ0) is 10.6. The summed E-state index contributed by atoms with van der Waals surface area (Å²) in [6.45, 7) is 4.45. The smallest absolute Gasteiger partial charge is 0.123 e. The molecule has 1 N–H and O–H groups in total. The van der Waals surface area contributed by atoms with Gasteiger partial charge in [0.05, 0.1) is 0 Å². The van der Waals surface area contributed by atoms with Gasteiger partial charge < -0.3 is 4.98 Å². The molecular weight excluding hydrogens is 189 g/mol. The van der Waals surface area contributed by atoms with E-state index in [1.165, 1.54) is 23.7 Å². The molecule has 3 rings (SSSR count). The van der Waals surface area contributed by atoms with E-state index in [4.69, 9.17) is 0 Å². The second-order valence-electron chi connectivity index (χ2n) is 4.68. The Hall–Kier alpha value is -1.31. The van der Waals surface area contributed by atoms with Crippen LogP contribution in [0.5, 0.6) is 0 Å². The summed E-state index contributed by atoms with van der Waals surface area (Å²) in [5.41, 5.74) is 3.71. The van der Waals surface area contributed by atoms with Crippen LogP contribution in [-0.4, -0.2) is 4.98 Å². The van der Waals surface area contributed by atoms with Gasteiger partial charge in [0.2, 0.25) is 0 Å². The third-order valence-electron chi connectivity index (χ3n) is 3.52. The summed E-state index contributed by atoms with van der Waals surface area (Å²) < 4.78 is 13.2. The van der Waals surface area contributed by atoms with E-state index in [0.29, 0.717) is 11.8 Å². The van der Waals surface area contributed by atoms with Crippen LogP contribution in [0.15, 0.2) is 18.2 Å². The van der Waals surface area contributed by atoms with Crippen LogP contribution in [0.4, 0.5) is 4.39 Å². The van der Waals surface area contributed by atoms with Crippen LogP contribution < -0.4 is 0 Å². The molecule has 1 aliphatic carbocycles. The first-order valence-electron chi connectivity index (χ1n) is 5.48. The third-order valence-corrected chi connectivity index (χ3v) is 3.52. The van der Waals surface area contributed by atoms with E-state index in [1.54, 1.807) is 6.07 Å². The Balaban J connectivity index is 2.36. The minimum Gasteiger partial charge on any atom is -0.358 e. The number of nitrogens with one attached hydrogen (secondary N) is 1. The van der Waals surface area contributed by atoms with Crippen LogP contribution in [0.3, 0.4) is 0 Å². The zero-order valence-corrected chi connectivity index (χ0v) is 8.97. The lowest BCUT2D eigenvalue weighted by Gasteiger charge is -2.03. The van der Waals surface area contributed by atoms with Crippen LogP contribution in [0.25, 0.3) is 10.9 Å². The summed E-state index contributed by atoms with van der Waals surface area (Å²) in [6, 6.07) is 5.00. The van der Waals surface area contributed by atoms with Gasteiger partial charge in [-0.2, -0.15) is 0 Å². The van der Waals surface area contributed by atoms with Crippen molar-refractivity contribution in [2.24, 2.45) is 0 Å². The molecule has 0 saturated heterocycles. The van der Waals surface area contributed by atoms with Crippen molar-refractivity contribution < 1.29 is 4.39 Å². The van der Waals surface area contributed by atoms with Gasteiger partial charge in [0.25, 0.3) is 0 Å². The summed E-state index contributed by atoms with van der Waals surface area (Å²) >= 11 is 0. The minimum atomic E-state index is -0.143. The highest BCUT2D eigenvalue weighted by Crippen LogP contribution is 2.44. The number of rotatable bonds is 0. The second-order valence-corrected chi connectivity index (χ2v) is 4.68. The Labute approximate surface area is 88.3 Å². The first-order chi connectivity index (χ1) is 7.16. The van der Waals surface area contributed by atoms with Crippen molar-refractivity contribution in [3.8, 4) is 0 Å². The minimum absolute atomic E-state index is 0.143. The fraction of sp³-hybridized carbons (Fsp3) is 0.385. The SMILES string of the molecule is CC1CC(C)c2c1[nH]c1ccc(F)cc21. The van der Waals surface area contributed by atoms with Crippen LogP contribution in [-0.2, 0) is 0 Å². The summed E-state index contributed by atoms with van der Waals surface area (Å²) in [6.07, 6.45) is 1.17. The first-order valence-corrected chi connectivity index (χ1v) is 5.48. The molecular formula is C13H14FN. The lowest BCUT2D eigenvalue weighted by molar-refractivity contribution is 0.628. The van der Waals surface area contributed by atoms with E-state index in [2.05, 4.69) is 18.8 Å². The highest BCUT2D eigenvalue weighted by Gasteiger charge is 2.29. The van der Waals surface area contributed by atoms with Crippen LogP contribution in [0, 0.1) is 5.82 Å². The Morgan fingerprint density at radius 2 is 2.07 bits per heavy atom. The Bertz CT molecular complexity index is 527. The summed E-state index contributed by atoms with van der Waals surface area (Å²) in [7, 11) is 0. The number of benzene rings is 1. The molecule has 0 bridgehead atoms. The summed E-state index contributed by atoms with van der Waals surface area (Å²) in [4.78, 5) is 3.42. The van der Waals surface area contributed by atoms with Crippen LogP contribution >= 0.6 is 0 Å². The Kier molecular flexibility index (Phi) is 1.70. The summed E-state index contributed by atoms with van der Waals surface area (Å²) in [5, 5.41) is 1.07. The molecule has 2 atom stereocenters. The second kappa shape index (κ2) is 2.84. The fourth-order valence-corrected chi connectivity index (χ4v) is 2.89. The van der Waals surface area contributed by atoms with Crippen molar-refractivity contribution >= 4 is 10.9 Å². The fourth-order valence-electron chi connectivity index (χ4n) is 2.89. The van der Waals surface area contributed by atoms with Gasteiger partial charge in [0.15, 0.2) is 0 Å². The predicted molar refractivity (Wildman–Crippen MR) is 59.7 cm³/mol. The molecule has 0 spiro atoms. The number of fused-ring (bicyclic) bond motifs is 3. The molecule has 2 aromatic rings. The maximum Gasteiger partial charge on any atom is 0.123 e. The molecule has 0 amide bonds. The van der Waals surface area contributed by atoms with E-state index < -0.39 is 0 Å². The van der Waals surface area contributed by atoms with Crippen molar-refractivity contribution in [1.82, 2.24) is 4.98 Å². The Morgan fingerprint density at radius 1 is 1.27 bits per heavy atom. The van der Waals surface area contributed by atoms with Crippen LogP contribution in [0.2, 0.25) is 0 Å². The molecule has 0 radical (unpaired) electrons. The molecule has 78 valence electrons. The highest BCUT2D eigenvalue weighted by atomic mass is 19.1. The van der Waals surface area contributed by atoms with Crippen molar-refractivity contribution in [1.29, 1.82) is 0 Å². The van der Waals surface area contributed by atoms with Crippen LogP contribution in [0.1, 0.15) is 43.4 Å². The summed E-state index contributed by atoms with van der Waals surface area (Å²) in [5.74, 6) is 0.979. The molecule has 0 saturated carbocycles. The standard InChI is InChI=1S/C13H14FN/c1-7-5-8(2)13-12(7)10-6-9(14)3-4-11(10)15-13/h3-4,6-8,15H,5H2,1-2H3. The van der Waals surface area contributed by atoms with E-state index in [-0.39, 0.29) is 5.82 Å². The quantitative estimate of drug-likeness (QED) is 0.668. The van der Waals surface area contributed by atoms with Crippen molar-refractivity contribution in [2.45, 2.75) is 32.1 Å². The van der Waals surface area contributed by atoms with Gasteiger partial charge in [0.1, 0.15) is 5.82 Å². The number of aromatic nitrogens is 1. The van der Waals surface area contributed by atoms with Gasteiger partial charge >= 0.3 is 0 Å². The highest BCUT2D eigenvalue weighted by molar-refractivity contribution is 5.86. The number of halogens is 1. The molecule has 1 aromatic carbocycles. The van der Waals surface area contributed by atoms with E-state index in [0.717, 1.165) is 10.9 Å². The van der Waals surface area contributed by atoms with Gasteiger partial charge in [-0.3, -0.25) is 0 Å². The van der Waals surface area contributed by atoms with E-state index in [1.807, 2.05) is 6.07 Å². The molecule has 2 heteroatoms. The number of aromatic amines is 1. The number of H-pyrrole nitrogens is 1. The largest absolute Gasteiger partial charge is 0.358 e. The maximum absolute atomic E-state index is 13.2. The zero-order valence-electron chi connectivity index (χ0n) is 8.97. The lowest BCUT2D eigenvalue weighted by atomic mass is 10.0. The topological polar surface area (TPSA) is 15.8 Å². The van der Waals surface area contributed by atoms with Gasteiger partial charge in [-0.25, -0.2) is 4.39 Å². The van der Waals surface area contributed by atoms with Gasteiger partial charge in [-0.15, -0.1) is 0 Å². The molecule has 1 heterocycles. The molecule has 0 aliphatic heterocycles. The molecule has 2 unspecified atom stereocenters. The third kappa shape index (κ3) is 1.14. The van der Waals surface area contributed by atoms with E-state index >= 15 is 0 Å². The molecule has 1 aromatic heterocycles. The molecule has 1 nitrogen and oxygen atoms in total. The maximum atomic E-state index is 13.2. The van der Waals surface area contributed by atoms with E-state index in [9.17, 15) is 4.39 Å². The number of hydrogen-bond acceptors (Lipinski definition) is 0. The van der Waals surface area contributed by atoms with Gasteiger partial charge in [-0.05, 0) is 42.0 Å². The number of hydrogen-bond donors (Lipinski definition) is 1. The monoisotopic (exact) mass is 203 g/mol. The van der Waals surface area contributed by atoms with Crippen molar-refractivity contribution in [3.63, 3.8) is 0 Å². The Morgan fingerprint density at radius 3 is 2.87 bits per heavy atom. The molecule has 0 fully saturated rings.